The van der Waals surface area contributed by atoms with Crippen LogP contribution >= 0.6 is 0 Å². The van der Waals surface area contributed by atoms with Gasteiger partial charge in [-0.3, -0.25) is 0 Å². The second-order valence-electron chi connectivity index (χ2n) is 6.61. The van der Waals surface area contributed by atoms with Gasteiger partial charge in [0.15, 0.2) is 0 Å². The molecule has 2 rings (SSSR count). The Bertz CT molecular complexity index is 609. The Morgan fingerprint density at radius 2 is 2.05 bits per heavy atom. The fourth-order valence-electron chi connectivity index (χ4n) is 2.97. The molecule has 118 valence electrons. The molecule has 0 saturated carbocycles. The van der Waals surface area contributed by atoms with Crippen LogP contribution in [0.5, 0.6) is 0 Å². The molecule has 1 aromatic rings. The highest BCUT2D eigenvalue weighted by Crippen LogP contribution is 2.33. The van der Waals surface area contributed by atoms with E-state index in [0.29, 0.717) is 31.0 Å². The number of rotatable bonds is 4. The summed E-state index contributed by atoms with van der Waals surface area (Å²) in [5.74, 6) is 0. The molecule has 0 unspecified atom stereocenters. The summed E-state index contributed by atoms with van der Waals surface area (Å²) in [6.07, 6.45) is 2.70. The van der Waals surface area contributed by atoms with Crippen molar-refractivity contribution in [1.82, 2.24) is 4.31 Å². The lowest BCUT2D eigenvalue weighted by Crippen LogP contribution is -2.43. The number of hydrogen-bond acceptors (Lipinski definition) is 3. The molecule has 4 nitrogen and oxygen atoms in total. The van der Waals surface area contributed by atoms with Crippen LogP contribution in [0, 0.1) is 5.41 Å². The first-order valence-electron chi connectivity index (χ1n) is 7.62. The predicted molar refractivity (Wildman–Crippen MR) is 85.5 cm³/mol. The average Bonchev–Trinajstić information content (AvgIpc) is 2.45. The van der Waals surface area contributed by atoms with Gasteiger partial charge in [-0.2, -0.15) is 4.31 Å². The number of benzene rings is 1. The molecule has 0 spiro atoms. The Morgan fingerprint density at radius 3 is 2.62 bits per heavy atom. The zero-order valence-corrected chi connectivity index (χ0v) is 14.0. The summed E-state index contributed by atoms with van der Waals surface area (Å²) in [6.45, 7) is 7.80. The molecule has 1 aliphatic heterocycles. The van der Waals surface area contributed by atoms with Crippen molar-refractivity contribution in [3.63, 3.8) is 0 Å². The molecule has 21 heavy (non-hydrogen) atoms. The maximum Gasteiger partial charge on any atom is 0.243 e. The van der Waals surface area contributed by atoms with Crippen LogP contribution in [0.1, 0.15) is 44.7 Å². The van der Waals surface area contributed by atoms with Crippen molar-refractivity contribution in [3.8, 4) is 0 Å². The van der Waals surface area contributed by atoms with Crippen LogP contribution in [0.2, 0.25) is 0 Å². The Morgan fingerprint density at radius 1 is 1.33 bits per heavy atom. The van der Waals surface area contributed by atoms with E-state index in [4.69, 9.17) is 5.73 Å². The Kier molecular flexibility index (Phi) is 4.76. The van der Waals surface area contributed by atoms with Crippen molar-refractivity contribution in [2.75, 3.05) is 13.1 Å². The van der Waals surface area contributed by atoms with E-state index < -0.39 is 10.0 Å². The van der Waals surface area contributed by atoms with Gasteiger partial charge in [0, 0.05) is 19.6 Å². The van der Waals surface area contributed by atoms with Gasteiger partial charge in [0.25, 0.3) is 0 Å². The van der Waals surface area contributed by atoms with E-state index in [2.05, 4.69) is 13.8 Å². The minimum Gasteiger partial charge on any atom is -0.326 e. The van der Waals surface area contributed by atoms with Crippen molar-refractivity contribution in [3.05, 3.63) is 29.3 Å². The van der Waals surface area contributed by atoms with E-state index >= 15 is 0 Å². The van der Waals surface area contributed by atoms with Crippen molar-refractivity contribution in [2.45, 2.75) is 51.5 Å². The molecule has 1 fully saturated rings. The molecule has 5 heteroatoms. The first kappa shape index (κ1) is 16.5. The van der Waals surface area contributed by atoms with Gasteiger partial charge >= 0.3 is 0 Å². The molecule has 0 aliphatic carbocycles. The molecule has 0 amide bonds. The smallest absolute Gasteiger partial charge is 0.243 e. The topological polar surface area (TPSA) is 63.4 Å². The van der Waals surface area contributed by atoms with Gasteiger partial charge in [0.05, 0.1) is 4.90 Å². The Balaban J connectivity index is 2.43. The highest BCUT2D eigenvalue weighted by atomic mass is 32.2. The third-order valence-corrected chi connectivity index (χ3v) is 6.16. The van der Waals surface area contributed by atoms with E-state index in [1.165, 1.54) is 0 Å². The first-order valence-corrected chi connectivity index (χ1v) is 9.06. The van der Waals surface area contributed by atoms with Crippen LogP contribution in [0.3, 0.4) is 0 Å². The second kappa shape index (κ2) is 6.07. The van der Waals surface area contributed by atoms with E-state index in [1.807, 2.05) is 19.1 Å². The number of aryl methyl sites for hydroxylation is 1. The fraction of sp³-hybridized carbons (Fsp3) is 0.625. The molecule has 1 aromatic carbocycles. The maximum atomic E-state index is 13.0. The van der Waals surface area contributed by atoms with Gasteiger partial charge in [-0.15, -0.1) is 0 Å². The summed E-state index contributed by atoms with van der Waals surface area (Å²) in [6, 6.07) is 5.55. The highest BCUT2D eigenvalue weighted by molar-refractivity contribution is 7.89. The third-order valence-electron chi connectivity index (χ3n) is 4.23. The lowest BCUT2D eigenvalue weighted by atomic mass is 9.85. The summed E-state index contributed by atoms with van der Waals surface area (Å²) in [7, 11) is -3.43. The summed E-state index contributed by atoms with van der Waals surface area (Å²) in [5, 5.41) is 0. The third kappa shape index (κ3) is 3.47. The monoisotopic (exact) mass is 310 g/mol. The largest absolute Gasteiger partial charge is 0.326 e. The normalized spacial score (nSPS) is 19.6. The minimum atomic E-state index is -3.43. The van der Waals surface area contributed by atoms with Crippen molar-refractivity contribution < 1.29 is 8.42 Å². The lowest BCUT2D eigenvalue weighted by Gasteiger charge is -2.37. The lowest BCUT2D eigenvalue weighted by molar-refractivity contribution is 0.187. The standard InChI is InChI=1S/C16H26N2O2S/c1-4-14-7-6-13(11-17)10-15(14)21(19,20)18-9-5-8-16(2,3)12-18/h6-7,10H,4-5,8-9,11-12,17H2,1-3H3. The van der Waals surface area contributed by atoms with Crippen LogP contribution in [0.15, 0.2) is 23.1 Å². The van der Waals surface area contributed by atoms with Gasteiger partial charge in [-0.25, -0.2) is 8.42 Å². The van der Waals surface area contributed by atoms with E-state index in [9.17, 15) is 8.42 Å². The summed E-state index contributed by atoms with van der Waals surface area (Å²) < 4.78 is 27.7. The summed E-state index contributed by atoms with van der Waals surface area (Å²) in [4.78, 5) is 0.436. The van der Waals surface area contributed by atoms with E-state index in [0.717, 1.165) is 24.0 Å². The van der Waals surface area contributed by atoms with Crippen molar-refractivity contribution >= 4 is 10.0 Å². The van der Waals surface area contributed by atoms with E-state index in [1.54, 1.807) is 10.4 Å². The molecule has 0 aromatic heterocycles. The van der Waals surface area contributed by atoms with Gasteiger partial charge < -0.3 is 5.73 Å². The van der Waals surface area contributed by atoms with Crippen LogP contribution in [0.25, 0.3) is 0 Å². The van der Waals surface area contributed by atoms with Crippen LogP contribution in [-0.4, -0.2) is 25.8 Å². The van der Waals surface area contributed by atoms with Gasteiger partial charge in [-0.1, -0.05) is 32.9 Å². The molecule has 1 saturated heterocycles. The molecule has 1 aliphatic rings. The van der Waals surface area contributed by atoms with Gasteiger partial charge in [0.2, 0.25) is 10.0 Å². The highest BCUT2D eigenvalue weighted by Gasteiger charge is 2.34. The average molecular weight is 310 g/mol. The fourth-order valence-corrected chi connectivity index (χ4v) is 4.98. The van der Waals surface area contributed by atoms with Crippen molar-refractivity contribution in [2.24, 2.45) is 11.1 Å². The summed E-state index contributed by atoms with van der Waals surface area (Å²) in [5.41, 5.74) is 7.45. The number of sulfonamides is 1. The zero-order valence-electron chi connectivity index (χ0n) is 13.2. The van der Waals surface area contributed by atoms with Gasteiger partial charge in [-0.05, 0) is 41.9 Å². The van der Waals surface area contributed by atoms with Crippen LogP contribution in [-0.2, 0) is 23.0 Å². The minimum absolute atomic E-state index is 0.0448. The predicted octanol–water partition coefficient (Wildman–Crippen LogP) is 2.52. The SMILES string of the molecule is CCc1ccc(CN)cc1S(=O)(=O)N1CCCC(C)(C)C1. The number of hydrogen-bond donors (Lipinski definition) is 1. The molecule has 2 N–H and O–H groups in total. The first-order chi connectivity index (χ1) is 9.80. The molecule has 0 atom stereocenters. The zero-order chi connectivity index (χ0) is 15.7. The van der Waals surface area contributed by atoms with Crippen LogP contribution in [0.4, 0.5) is 0 Å². The number of nitrogens with zero attached hydrogens (tertiary/aromatic N) is 1. The summed E-state index contributed by atoms with van der Waals surface area (Å²) >= 11 is 0. The number of piperidine rings is 1. The van der Waals surface area contributed by atoms with E-state index in [-0.39, 0.29) is 5.41 Å². The molecule has 0 radical (unpaired) electrons. The molecular formula is C16H26N2O2S. The molecular weight excluding hydrogens is 284 g/mol. The van der Waals surface area contributed by atoms with Crippen LogP contribution < -0.4 is 5.73 Å². The Labute approximate surface area is 128 Å². The number of nitrogens with two attached hydrogens (primary N) is 1. The van der Waals surface area contributed by atoms with Gasteiger partial charge in [0.1, 0.15) is 0 Å². The Hall–Kier alpha value is -0.910. The second-order valence-corrected chi connectivity index (χ2v) is 8.51. The molecule has 0 bridgehead atoms. The molecule has 1 heterocycles. The van der Waals surface area contributed by atoms with Crippen molar-refractivity contribution in [1.29, 1.82) is 0 Å². The quantitative estimate of drug-likeness (QED) is 0.929. The maximum absolute atomic E-state index is 13.0.